The van der Waals surface area contributed by atoms with Gasteiger partial charge in [-0.2, -0.15) is 0 Å². The Labute approximate surface area is 179 Å². The molecule has 1 aromatic carbocycles. The Kier molecular flexibility index (Phi) is 6.20. The zero-order valence-corrected chi connectivity index (χ0v) is 17.6. The van der Waals surface area contributed by atoms with Gasteiger partial charge in [-0.05, 0) is 48.2 Å². The number of benzene rings is 1. The van der Waals surface area contributed by atoms with E-state index in [1.165, 1.54) is 22.5 Å². The average molecular weight is 434 g/mol. The van der Waals surface area contributed by atoms with Crippen molar-refractivity contribution in [1.82, 2.24) is 10.2 Å². The fourth-order valence-electron chi connectivity index (χ4n) is 4.04. The highest BCUT2D eigenvalue weighted by atomic mass is 35.5. The summed E-state index contributed by atoms with van der Waals surface area (Å²) < 4.78 is 0.571. The third-order valence-electron chi connectivity index (χ3n) is 5.57. The first-order valence-corrected chi connectivity index (χ1v) is 11.0. The number of fused-ring (bicyclic) bond motifs is 1. The number of nitrogens with one attached hydrogen (secondary N) is 1. The Morgan fingerprint density at radius 3 is 2.72 bits per heavy atom. The summed E-state index contributed by atoms with van der Waals surface area (Å²) in [5.41, 5.74) is 3.46. The Bertz CT molecular complexity index is 916. The van der Waals surface area contributed by atoms with Crippen LogP contribution in [-0.2, 0) is 17.6 Å². The van der Waals surface area contributed by atoms with Crippen molar-refractivity contribution in [2.75, 3.05) is 37.7 Å². The average Bonchev–Trinajstić information content (AvgIpc) is 3.23. The molecule has 0 bridgehead atoms. The van der Waals surface area contributed by atoms with E-state index < -0.39 is 0 Å². The number of nitrogens with zero attached hydrogens (tertiary/aromatic N) is 2. The smallest absolute Gasteiger partial charge is 0.261 e. The van der Waals surface area contributed by atoms with Gasteiger partial charge in [0, 0.05) is 38.3 Å². The van der Waals surface area contributed by atoms with E-state index in [1.54, 1.807) is 17.0 Å². The Hall–Kier alpha value is -1.93. The topological polar surface area (TPSA) is 72.9 Å². The molecule has 6 nitrogen and oxygen atoms in total. The van der Waals surface area contributed by atoms with Crippen LogP contribution in [-0.4, -0.2) is 60.6 Å². The van der Waals surface area contributed by atoms with Crippen LogP contribution in [0.2, 0.25) is 4.34 Å². The van der Waals surface area contributed by atoms with Gasteiger partial charge in [0.15, 0.2) is 0 Å². The minimum atomic E-state index is -0.213. The Morgan fingerprint density at radius 2 is 2.00 bits per heavy atom. The van der Waals surface area contributed by atoms with Gasteiger partial charge in [0.1, 0.15) is 0 Å². The molecule has 1 aromatic heterocycles. The molecule has 29 heavy (non-hydrogen) atoms. The number of hydrogen-bond acceptors (Lipinski definition) is 5. The molecule has 0 spiro atoms. The first-order chi connectivity index (χ1) is 14.0. The number of hydrogen-bond donors (Lipinski definition) is 2. The number of carbonyl (C=O) groups is 2. The molecule has 0 unspecified atom stereocenters. The number of β-amino-alcohol motifs (C(OH)–C–C–N with tert-alkyl or cyclic N) is 1. The quantitative estimate of drug-likeness (QED) is 0.759. The predicted molar refractivity (Wildman–Crippen MR) is 115 cm³/mol. The van der Waals surface area contributed by atoms with E-state index in [-0.39, 0.29) is 24.5 Å². The summed E-state index contributed by atoms with van der Waals surface area (Å²) in [7, 11) is 0. The molecule has 3 heterocycles. The maximum absolute atomic E-state index is 12.6. The minimum Gasteiger partial charge on any atom is -0.395 e. The monoisotopic (exact) mass is 433 g/mol. The van der Waals surface area contributed by atoms with Crippen LogP contribution < -0.4 is 10.2 Å². The first-order valence-electron chi connectivity index (χ1n) is 9.85. The third-order valence-corrected chi connectivity index (χ3v) is 6.80. The molecule has 8 heteroatoms. The lowest BCUT2D eigenvalue weighted by atomic mass is 10.0. The molecule has 2 aliphatic heterocycles. The molecule has 154 valence electrons. The molecule has 0 saturated carbocycles. The summed E-state index contributed by atoms with van der Waals surface area (Å²) in [6.45, 7) is 3.19. The van der Waals surface area contributed by atoms with Gasteiger partial charge in [-0.3, -0.25) is 9.59 Å². The van der Waals surface area contributed by atoms with Crippen molar-refractivity contribution < 1.29 is 14.7 Å². The lowest BCUT2D eigenvalue weighted by Crippen LogP contribution is -2.36. The van der Waals surface area contributed by atoms with Crippen molar-refractivity contribution in [3.05, 3.63) is 50.7 Å². The van der Waals surface area contributed by atoms with E-state index in [0.29, 0.717) is 28.7 Å². The van der Waals surface area contributed by atoms with E-state index in [2.05, 4.69) is 22.3 Å². The van der Waals surface area contributed by atoms with Crippen LogP contribution in [0.3, 0.4) is 0 Å². The van der Waals surface area contributed by atoms with Crippen LogP contribution in [0, 0.1) is 0 Å². The number of aliphatic hydroxyl groups excluding tert-OH is 1. The number of anilines is 1. The van der Waals surface area contributed by atoms with Crippen molar-refractivity contribution in [3.63, 3.8) is 0 Å². The van der Waals surface area contributed by atoms with Gasteiger partial charge in [-0.1, -0.05) is 17.7 Å². The van der Waals surface area contributed by atoms with E-state index in [0.717, 1.165) is 31.6 Å². The van der Waals surface area contributed by atoms with Crippen LogP contribution in [0.25, 0.3) is 0 Å². The van der Waals surface area contributed by atoms with Crippen LogP contribution in [0.15, 0.2) is 30.3 Å². The largest absolute Gasteiger partial charge is 0.395 e. The summed E-state index contributed by atoms with van der Waals surface area (Å²) in [5.74, 6) is -0.164. The second-order valence-electron chi connectivity index (χ2n) is 7.50. The molecule has 2 aliphatic rings. The van der Waals surface area contributed by atoms with Gasteiger partial charge in [0.25, 0.3) is 5.91 Å². The Morgan fingerprint density at radius 1 is 1.21 bits per heavy atom. The lowest BCUT2D eigenvalue weighted by molar-refractivity contribution is -0.117. The first kappa shape index (κ1) is 20.3. The zero-order valence-electron chi connectivity index (χ0n) is 16.1. The molecule has 2 aromatic rings. The molecule has 2 amide bonds. The standard InChI is InChI=1S/C21H24ClN3O3S/c22-19-4-3-18(29-19)21(28)23-16-12-20(27)25(13-16)17-2-1-14-5-7-24(9-10-26)8-6-15(14)11-17/h1-4,11,16,26H,5-10,12-13H2,(H,23,28)/t16-/m1/s1. The Balaban J connectivity index is 1.43. The molecule has 1 fully saturated rings. The SMILES string of the molecule is O=C(N[C@@H]1CC(=O)N(c2ccc3c(c2)CCN(CCO)CC3)C1)c1ccc(Cl)s1. The summed E-state index contributed by atoms with van der Waals surface area (Å²) in [6, 6.07) is 9.41. The number of aliphatic hydroxyl groups is 1. The highest BCUT2D eigenvalue weighted by Gasteiger charge is 2.32. The van der Waals surface area contributed by atoms with E-state index >= 15 is 0 Å². The van der Waals surface area contributed by atoms with Gasteiger partial charge < -0.3 is 20.2 Å². The van der Waals surface area contributed by atoms with E-state index in [9.17, 15) is 14.7 Å². The van der Waals surface area contributed by atoms with E-state index in [1.807, 2.05) is 6.07 Å². The van der Waals surface area contributed by atoms with Gasteiger partial charge in [0.2, 0.25) is 5.91 Å². The number of thiophene rings is 1. The van der Waals surface area contributed by atoms with E-state index in [4.69, 9.17) is 11.6 Å². The van der Waals surface area contributed by atoms with Crippen molar-refractivity contribution >= 4 is 40.4 Å². The van der Waals surface area contributed by atoms with Crippen LogP contribution in [0.5, 0.6) is 0 Å². The molecular weight excluding hydrogens is 410 g/mol. The normalized spacial score (nSPS) is 19.9. The molecule has 0 aliphatic carbocycles. The highest BCUT2D eigenvalue weighted by molar-refractivity contribution is 7.18. The fraction of sp³-hybridized carbons (Fsp3) is 0.429. The second kappa shape index (κ2) is 8.83. The predicted octanol–water partition coefficient (Wildman–Crippen LogP) is 2.33. The van der Waals surface area contributed by atoms with Gasteiger partial charge in [-0.15, -0.1) is 11.3 Å². The van der Waals surface area contributed by atoms with Crippen molar-refractivity contribution in [3.8, 4) is 0 Å². The van der Waals surface area contributed by atoms with Crippen LogP contribution >= 0.6 is 22.9 Å². The molecule has 1 atom stereocenters. The summed E-state index contributed by atoms with van der Waals surface area (Å²) in [5, 5.41) is 12.1. The highest BCUT2D eigenvalue weighted by Crippen LogP contribution is 2.27. The minimum absolute atomic E-state index is 0.0231. The molecule has 1 saturated heterocycles. The molecule has 4 rings (SSSR count). The third kappa shape index (κ3) is 4.64. The van der Waals surface area contributed by atoms with Crippen molar-refractivity contribution in [2.24, 2.45) is 0 Å². The maximum Gasteiger partial charge on any atom is 0.261 e. The van der Waals surface area contributed by atoms with Gasteiger partial charge in [0.05, 0.1) is 21.9 Å². The maximum atomic E-state index is 12.6. The second-order valence-corrected chi connectivity index (χ2v) is 9.22. The number of carbonyl (C=O) groups excluding carboxylic acids is 2. The summed E-state index contributed by atoms with van der Waals surface area (Å²) in [4.78, 5) is 29.6. The lowest BCUT2D eigenvalue weighted by Gasteiger charge is -2.19. The number of halogens is 1. The van der Waals surface area contributed by atoms with Crippen LogP contribution in [0.1, 0.15) is 27.2 Å². The molecular formula is C21H24ClN3O3S. The van der Waals surface area contributed by atoms with Crippen LogP contribution in [0.4, 0.5) is 5.69 Å². The number of amides is 2. The zero-order chi connectivity index (χ0) is 20.4. The van der Waals surface area contributed by atoms with Gasteiger partial charge >= 0.3 is 0 Å². The summed E-state index contributed by atoms with van der Waals surface area (Å²) in [6.07, 6.45) is 2.16. The van der Waals surface area contributed by atoms with Crippen molar-refractivity contribution in [1.29, 1.82) is 0 Å². The van der Waals surface area contributed by atoms with Crippen molar-refractivity contribution in [2.45, 2.75) is 25.3 Å². The molecule has 0 radical (unpaired) electrons. The number of rotatable bonds is 5. The summed E-state index contributed by atoms with van der Waals surface area (Å²) >= 11 is 7.14. The fourth-order valence-corrected chi connectivity index (χ4v) is 4.98. The molecule has 2 N–H and O–H groups in total. The van der Waals surface area contributed by atoms with Gasteiger partial charge in [-0.25, -0.2) is 0 Å².